The van der Waals surface area contributed by atoms with Crippen LogP contribution in [0.2, 0.25) is 0 Å². The van der Waals surface area contributed by atoms with Crippen LogP contribution in [0.5, 0.6) is 11.5 Å². The quantitative estimate of drug-likeness (QED) is 0.664. The number of piperazine rings is 1. The van der Waals surface area contributed by atoms with Gasteiger partial charge in [0, 0.05) is 44.1 Å². The fourth-order valence-corrected chi connectivity index (χ4v) is 4.21. The zero-order chi connectivity index (χ0) is 21.8. The first kappa shape index (κ1) is 20.4. The van der Waals surface area contributed by atoms with Gasteiger partial charge in [0.05, 0.1) is 5.56 Å². The Labute approximate surface area is 188 Å². The second-order valence-electron chi connectivity index (χ2n) is 8.08. The molecule has 0 aromatic heterocycles. The largest absolute Gasteiger partial charge is 0.486 e. The van der Waals surface area contributed by atoms with E-state index in [1.165, 1.54) is 11.3 Å². The lowest BCUT2D eigenvalue weighted by molar-refractivity contribution is 0.101. The molecule has 32 heavy (non-hydrogen) atoms. The molecule has 2 heterocycles. The second kappa shape index (κ2) is 9.32. The van der Waals surface area contributed by atoms with Gasteiger partial charge in [0.15, 0.2) is 11.5 Å². The van der Waals surface area contributed by atoms with Gasteiger partial charge in [0.2, 0.25) is 0 Å². The molecule has 0 aliphatic carbocycles. The van der Waals surface area contributed by atoms with Crippen molar-refractivity contribution >= 4 is 17.3 Å². The van der Waals surface area contributed by atoms with Crippen molar-refractivity contribution in [1.82, 2.24) is 4.90 Å². The van der Waals surface area contributed by atoms with Crippen LogP contribution in [-0.4, -0.2) is 50.2 Å². The van der Waals surface area contributed by atoms with Gasteiger partial charge in [-0.15, -0.1) is 0 Å². The van der Waals surface area contributed by atoms with Crippen molar-refractivity contribution in [1.29, 1.82) is 0 Å². The van der Waals surface area contributed by atoms with Gasteiger partial charge in [-0.2, -0.15) is 0 Å². The molecule has 0 saturated carbocycles. The zero-order valence-electron chi connectivity index (χ0n) is 18.0. The maximum atomic E-state index is 12.8. The van der Waals surface area contributed by atoms with E-state index < -0.39 is 0 Å². The Morgan fingerprint density at radius 3 is 2.34 bits per heavy atom. The summed E-state index contributed by atoms with van der Waals surface area (Å²) < 4.78 is 11.2. The van der Waals surface area contributed by atoms with E-state index in [2.05, 4.69) is 57.6 Å². The highest BCUT2D eigenvalue weighted by Gasteiger charge is 2.21. The monoisotopic (exact) mass is 429 g/mol. The molecule has 1 saturated heterocycles. The molecule has 2 aliphatic rings. The summed E-state index contributed by atoms with van der Waals surface area (Å²) in [5, 5.41) is 2.97. The number of hydrogen-bond acceptors (Lipinski definition) is 5. The minimum absolute atomic E-state index is 0.199. The van der Waals surface area contributed by atoms with Crippen molar-refractivity contribution in [2.45, 2.75) is 6.54 Å². The number of hydrogen-bond donors (Lipinski definition) is 1. The number of fused-ring (bicyclic) bond motifs is 1. The second-order valence-corrected chi connectivity index (χ2v) is 8.08. The van der Waals surface area contributed by atoms with Gasteiger partial charge in [-0.3, -0.25) is 9.69 Å². The Morgan fingerprint density at radius 1 is 0.812 bits per heavy atom. The van der Waals surface area contributed by atoms with Crippen molar-refractivity contribution in [2.24, 2.45) is 0 Å². The van der Waals surface area contributed by atoms with Gasteiger partial charge < -0.3 is 19.7 Å². The molecular weight excluding hydrogens is 402 g/mol. The molecule has 0 bridgehead atoms. The Hall–Kier alpha value is -3.51. The van der Waals surface area contributed by atoms with E-state index in [9.17, 15) is 4.79 Å². The van der Waals surface area contributed by atoms with Gasteiger partial charge in [0.1, 0.15) is 13.2 Å². The standard InChI is InChI=1S/C26H27N3O3/c30-26(23-7-4-8-24-25(23)32-18-17-31-24)27-21-9-11-22(12-10-21)29-15-13-28(14-16-29)19-20-5-2-1-3-6-20/h1-12H,13-19H2,(H,27,30). The highest BCUT2D eigenvalue weighted by Crippen LogP contribution is 2.34. The Kier molecular flexibility index (Phi) is 5.94. The van der Waals surface area contributed by atoms with Crippen LogP contribution in [0.4, 0.5) is 11.4 Å². The number of para-hydroxylation sites is 1. The van der Waals surface area contributed by atoms with Crippen molar-refractivity contribution in [3.8, 4) is 11.5 Å². The summed E-state index contributed by atoms with van der Waals surface area (Å²) >= 11 is 0. The normalized spacial score (nSPS) is 15.9. The topological polar surface area (TPSA) is 54.0 Å². The first-order valence-electron chi connectivity index (χ1n) is 11.1. The lowest BCUT2D eigenvalue weighted by Gasteiger charge is -2.36. The van der Waals surface area contributed by atoms with Crippen LogP contribution in [0.15, 0.2) is 72.8 Å². The van der Waals surface area contributed by atoms with Crippen LogP contribution in [0.1, 0.15) is 15.9 Å². The van der Waals surface area contributed by atoms with E-state index in [4.69, 9.17) is 9.47 Å². The van der Waals surface area contributed by atoms with Crippen LogP contribution < -0.4 is 19.7 Å². The number of nitrogens with zero attached hydrogens (tertiary/aromatic N) is 2. The van der Waals surface area contributed by atoms with Gasteiger partial charge in [-0.1, -0.05) is 36.4 Å². The number of amides is 1. The average Bonchev–Trinajstić information content (AvgIpc) is 2.85. The first-order valence-corrected chi connectivity index (χ1v) is 11.1. The fraction of sp³-hybridized carbons (Fsp3) is 0.269. The summed E-state index contributed by atoms with van der Waals surface area (Å²) in [6, 6.07) is 24.1. The van der Waals surface area contributed by atoms with E-state index in [-0.39, 0.29) is 5.91 Å². The zero-order valence-corrected chi connectivity index (χ0v) is 18.0. The summed E-state index contributed by atoms with van der Waals surface area (Å²) in [7, 11) is 0. The summed E-state index contributed by atoms with van der Waals surface area (Å²) in [5.41, 5.74) is 3.78. The van der Waals surface area contributed by atoms with Crippen molar-refractivity contribution in [2.75, 3.05) is 49.6 Å². The summed E-state index contributed by atoms with van der Waals surface area (Å²) in [5.74, 6) is 0.932. The molecule has 1 N–H and O–H groups in total. The molecule has 1 fully saturated rings. The number of carbonyl (C=O) groups is 1. The third-order valence-corrected chi connectivity index (χ3v) is 5.92. The molecule has 0 spiro atoms. The van der Waals surface area contributed by atoms with Crippen LogP contribution in [0.25, 0.3) is 0 Å². The van der Waals surface area contributed by atoms with E-state index in [1.807, 2.05) is 24.3 Å². The highest BCUT2D eigenvalue weighted by molar-refractivity contribution is 6.06. The van der Waals surface area contributed by atoms with Crippen molar-refractivity contribution < 1.29 is 14.3 Å². The van der Waals surface area contributed by atoms with E-state index in [0.29, 0.717) is 30.3 Å². The molecule has 3 aromatic carbocycles. The predicted molar refractivity (Wildman–Crippen MR) is 126 cm³/mol. The number of ether oxygens (including phenoxy) is 2. The third kappa shape index (κ3) is 4.55. The summed E-state index contributed by atoms with van der Waals surface area (Å²) in [6.07, 6.45) is 0. The molecule has 3 aromatic rings. The molecule has 0 unspecified atom stereocenters. The number of nitrogens with one attached hydrogen (secondary N) is 1. The van der Waals surface area contributed by atoms with Gasteiger partial charge in [-0.05, 0) is 42.0 Å². The number of carbonyl (C=O) groups excluding carboxylic acids is 1. The lowest BCUT2D eigenvalue weighted by Crippen LogP contribution is -2.45. The SMILES string of the molecule is O=C(Nc1ccc(N2CCN(Cc3ccccc3)CC2)cc1)c1cccc2c1OCCO2. The van der Waals surface area contributed by atoms with Gasteiger partial charge in [-0.25, -0.2) is 0 Å². The molecule has 6 heteroatoms. The maximum Gasteiger partial charge on any atom is 0.259 e. The molecular formula is C26H27N3O3. The number of anilines is 2. The van der Waals surface area contributed by atoms with Crippen LogP contribution >= 0.6 is 0 Å². The fourth-order valence-electron chi connectivity index (χ4n) is 4.21. The Balaban J connectivity index is 1.18. The number of benzene rings is 3. The van der Waals surface area contributed by atoms with Gasteiger partial charge in [0.25, 0.3) is 5.91 Å². The molecule has 0 radical (unpaired) electrons. The molecule has 2 aliphatic heterocycles. The van der Waals surface area contributed by atoms with Crippen molar-refractivity contribution in [3.63, 3.8) is 0 Å². The van der Waals surface area contributed by atoms with Gasteiger partial charge >= 0.3 is 0 Å². The summed E-state index contributed by atoms with van der Waals surface area (Å²) in [6.45, 7) is 6.00. The highest BCUT2D eigenvalue weighted by atomic mass is 16.6. The predicted octanol–water partition coefficient (Wildman–Crippen LogP) is 4.03. The third-order valence-electron chi connectivity index (χ3n) is 5.92. The molecule has 0 atom stereocenters. The van der Waals surface area contributed by atoms with E-state index >= 15 is 0 Å². The van der Waals surface area contributed by atoms with E-state index in [1.54, 1.807) is 6.07 Å². The average molecular weight is 430 g/mol. The van der Waals surface area contributed by atoms with Crippen LogP contribution in [0.3, 0.4) is 0 Å². The maximum absolute atomic E-state index is 12.8. The van der Waals surface area contributed by atoms with Crippen molar-refractivity contribution in [3.05, 3.63) is 83.9 Å². The summed E-state index contributed by atoms with van der Waals surface area (Å²) in [4.78, 5) is 17.7. The molecule has 6 nitrogen and oxygen atoms in total. The smallest absolute Gasteiger partial charge is 0.259 e. The number of rotatable bonds is 5. The molecule has 1 amide bonds. The molecule has 5 rings (SSSR count). The molecule has 164 valence electrons. The Morgan fingerprint density at radius 2 is 1.56 bits per heavy atom. The minimum atomic E-state index is -0.199. The van der Waals surface area contributed by atoms with E-state index in [0.717, 1.165) is 38.4 Å². The Bertz CT molecular complexity index is 1060. The van der Waals surface area contributed by atoms with Crippen LogP contribution in [0, 0.1) is 0 Å². The minimum Gasteiger partial charge on any atom is -0.486 e. The first-order chi connectivity index (χ1) is 15.8. The van der Waals surface area contributed by atoms with Crippen LogP contribution in [-0.2, 0) is 6.54 Å². The lowest BCUT2D eigenvalue weighted by atomic mass is 10.1.